The first-order valence-electron chi connectivity index (χ1n) is 9.16. The Morgan fingerprint density at radius 1 is 1.36 bits per heavy atom. The number of aryl methyl sites for hydroxylation is 1. The van der Waals surface area contributed by atoms with Gasteiger partial charge in [-0.2, -0.15) is 0 Å². The third kappa shape index (κ3) is 2.78. The Labute approximate surface area is 162 Å². The van der Waals surface area contributed by atoms with Crippen LogP contribution in [0.3, 0.4) is 0 Å². The van der Waals surface area contributed by atoms with Crippen LogP contribution in [0.2, 0.25) is 0 Å². The summed E-state index contributed by atoms with van der Waals surface area (Å²) >= 11 is 0. The molecule has 4 heterocycles. The zero-order valence-electron chi connectivity index (χ0n) is 16.3. The zero-order chi connectivity index (χ0) is 20.3. The molecule has 0 bridgehead atoms. The third-order valence-corrected chi connectivity index (χ3v) is 4.99. The molecule has 0 saturated carbocycles. The van der Waals surface area contributed by atoms with E-state index in [1.54, 1.807) is 22.6 Å². The molecule has 9 heteroatoms. The second-order valence-electron chi connectivity index (χ2n) is 8.23. The molecule has 1 amide bonds. The summed E-state index contributed by atoms with van der Waals surface area (Å²) in [6.45, 7) is 7.94. The molecular formula is C19H23N5O4. The topological polar surface area (TPSA) is 110 Å². The van der Waals surface area contributed by atoms with Crippen LogP contribution in [0.25, 0.3) is 5.82 Å². The van der Waals surface area contributed by atoms with E-state index in [0.717, 1.165) is 5.69 Å². The van der Waals surface area contributed by atoms with Crippen LogP contribution in [0.5, 0.6) is 0 Å². The van der Waals surface area contributed by atoms with Crippen LogP contribution in [-0.2, 0) is 10.3 Å². The minimum absolute atomic E-state index is 0.0210. The first-order chi connectivity index (χ1) is 13.1. The van der Waals surface area contributed by atoms with E-state index < -0.39 is 23.2 Å². The number of nitrogens with one attached hydrogen (secondary N) is 1. The number of amides is 1. The minimum Gasteiger partial charge on any atom is -0.476 e. The standard InChI is InChI=1S/C19H23N5O4/c1-11-21-13(16(25)26)14-19(22-12-6-5-8-20-15(12)24(11)14)7-9-23(10-19)17(27)28-18(2,3)4/h5-6,8,22H,7,9-10H2,1-4H3,(H,25,26)/t19-/m1/s1. The molecule has 0 aromatic carbocycles. The van der Waals surface area contributed by atoms with Gasteiger partial charge in [0.05, 0.1) is 17.9 Å². The SMILES string of the molecule is Cc1nc(C(=O)O)c2n1-c1ncccc1N[C@@]21CCN(C(=O)OC(C)(C)C)C1. The fraction of sp³-hybridized carbons (Fsp3) is 0.474. The maximum atomic E-state index is 12.6. The van der Waals surface area contributed by atoms with Gasteiger partial charge in [-0.25, -0.2) is 19.6 Å². The fourth-order valence-corrected chi connectivity index (χ4v) is 3.96. The molecule has 9 nitrogen and oxygen atoms in total. The van der Waals surface area contributed by atoms with Gasteiger partial charge in [-0.15, -0.1) is 0 Å². The fourth-order valence-electron chi connectivity index (χ4n) is 3.96. The number of hydrogen-bond acceptors (Lipinski definition) is 6. The zero-order valence-corrected chi connectivity index (χ0v) is 16.3. The van der Waals surface area contributed by atoms with Gasteiger partial charge in [-0.3, -0.25) is 4.57 Å². The molecule has 2 aliphatic heterocycles. The Balaban J connectivity index is 1.80. The number of carbonyl (C=O) groups is 2. The van der Waals surface area contributed by atoms with Gasteiger partial charge in [0.2, 0.25) is 0 Å². The predicted octanol–water partition coefficient (Wildman–Crippen LogP) is 2.54. The van der Waals surface area contributed by atoms with Crippen molar-refractivity contribution >= 4 is 17.7 Å². The Hall–Kier alpha value is -3.10. The number of aromatic nitrogens is 3. The highest BCUT2D eigenvalue weighted by atomic mass is 16.6. The Kier molecular flexibility index (Phi) is 3.88. The normalized spacial score (nSPS) is 20.5. The molecule has 2 aromatic heterocycles. The quantitative estimate of drug-likeness (QED) is 0.776. The Morgan fingerprint density at radius 3 is 2.79 bits per heavy atom. The maximum absolute atomic E-state index is 12.6. The summed E-state index contributed by atoms with van der Waals surface area (Å²) in [6, 6.07) is 3.71. The van der Waals surface area contributed by atoms with Gasteiger partial charge < -0.3 is 20.1 Å². The van der Waals surface area contributed by atoms with Gasteiger partial charge >= 0.3 is 12.1 Å². The van der Waals surface area contributed by atoms with Crippen LogP contribution in [0, 0.1) is 6.92 Å². The second-order valence-corrected chi connectivity index (χ2v) is 8.23. The largest absolute Gasteiger partial charge is 0.476 e. The number of carbonyl (C=O) groups excluding carboxylic acids is 1. The smallest absolute Gasteiger partial charge is 0.410 e. The number of carboxylic acids is 1. The lowest BCUT2D eigenvalue weighted by Gasteiger charge is -2.37. The number of rotatable bonds is 1. The number of likely N-dealkylation sites (tertiary alicyclic amines) is 1. The summed E-state index contributed by atoms with van der Waals surface area (Å²) in [5, 5.41) is 13.2. The number of anilines is 1. The molecule has 28 heavy (non-hydrogen) atoms. The van der Waals surface area contributed by atoms with Gasteiger partial charge in [0, 0.05) is 12.7 Å². The lowest BCUT2D eigenvalue weighted by molar-refractivity contribution is 0.0285. The summed E-state index contributed by atoms with van der Waals surface area (Å²) < 4.78 is 7.29. The number of nitrogens with zero attached hydrogens (tertiary/aromatic N) is 4. The highest BCUT2D eigenvalue weighted by molar-refractivity contribution is 5.89. The number of ether oxygens (including phenoxy) is 1. The predicted molar refractivity (Wildman–Crippen MR) is 101 cm³/mol. The first kappa shape index (κ1) is 18.3. The number of hydrogen-bond donors (Lipinski definition) is 2. The lowest BCUT2D eigenvalue weighted by atomic mass is 9.90. The van der Waals surface area contributed by atoms with Crippen LogP contribution in [0.4, 0.5) is 10.5 Å². The molecule has 0 unspecified atom stereocenters. The summed E-state index contributed by atoms with van der Waals surface area (Å²) in [5.74, 6) is 0.0495. The maximum Gasteiger partial charge on any atom is 0.410 e. The van der Waals surface area contributed by atoms with Crippen LogP contribution in [-0.4, -0.2) is 55.3 Å². The van der Waals surface area contributed by atoms with Crippen LogP contribution in [0.1, 0.15) is 49.2 Å². The van der Waals surface area contributed by atoms with Crippen molar-refractivity contribution in [3.05, 3.63) is 35.5 Å². The molecule has 0 radical (unpaired) electrons. The highest BCUT2D eigenvalue weighted by Gasteiger charge is 2.50. The molecule has 0 aliphatic carbocycles. The average molecular weight is 385 g/mol. The molecule has 4 rings (SSSR count). The summed E-state index contributed by atoms with van der Waals surface area (Å²) in [4.78, 5) is 34.8. The van der Waals surface area contributed by atoms with Gasteiger partial charge in [0.1, 0.15) is 17.0 Å². The van der Waals surface area contributed by atoms with Crippen molar-refractivity contribution in [1.82, 2.24) is 19.4 Å². The molecule has 1 atom stereocenters. The van der Waals surface area contributed by atoms with Crippen molar-refractivity contribution in [3.63, 3.8) is 0 Å². The summed E-state index contributed by atoms with van der Waals surface area (Å²) in [7, 11) is 0. The van der Waals surface area contributed by atoms with E-state index in [0.29, 0.717) is 30.3 Å². The molecule has 1 fully saturated rings. The average Bonchev–Trinajstić information content (AvgIpc) is 3.17. The van der Waals surface area contributed by atoms with Crippen molar-refractivity contribution in [1.29, 1.82) is 0 Å². The first-order valence-corrected chi connectivity index (χ1v) is 9.16. The van der Waals surface area contributed by atoms with Crippen LogP contribution < -0.4 is 5.32 Å². The molecule has 2 N–H and O–H groups in total. The van der Waals surface area contributed by atoms with E-state index in [2.05, 4.69) is 15.3 Å². The van der Waals surface area contributed by atoms with E-state index in [1.807, 2.05) is 32.9 Å². The molecule has 1 saturated heterocycles. The second kappa shape index (κ2) is 5.95. The van der Waals surface area contributed by atoms with Gasteiger partial charge in [0.25, 0.3) is 0 Å². The number of aromatic carboxylic acids is 1. The van der Waals surface area contributed by atoms with Crippen molar-refractivity contribution in [3.8, 4) is 5.82 Å². The van der Waals surface area contributed by atoms with Crippen molar-refractivity contribution in [2.75, 3.05) is 18.4 Å². The number of fused-ring (bicyclic) bond motifs is 4. The van der Waals surface area contributed by atoms with Gasteiger partial charge in [0.15, 0.2) is 11.5 Å². The molecule has 2 aromatic rings. The van der Waals surface area contributed by atoms with E-state index in [1.165, 1.54) is 0 Å². The van der Waals surface area contributed by atoms with Crippen LogP contribution in [0.15, 0.2) is 18.3 Å². The van der Waals surface area contributed by atoms with Crippen LogP contribution >= 0.6 is 0 Å². The van der Waals surface area contributed by atoms with Crippen molar-refractivity contribution in [2.45, 2.75) is 45.3 Å². The number of carboxylic acid groups (broad SMARTS) is 1. The van der Waals surface area contributed by atoms with Gasteiger partial charge in [-0.05, 0) is 46.2 Å². The third-order valence-electron chi connectivity index (χ3n) is 4.99. The van der Waals surface area contributed by atoms with Crippen molar-refractivity contribution in [2.24, 2.45) is 0 Å². The van der Waals surface area contributed by atoms with E-state index in [4.69, 9.17) is 4.74 Å². The number of imidazole rings is 1. The van der Waals surface area contributed by atoms with E-state index in [9.17, 15) is 14.7 Å². The summed E-state index contributed by atoms with van der Waals surface area (Å²) in [5.41, 5.74) is -0.101. The number of pyridine rings is 1. The van der Waals surface area contributed by atoms with Crippen molar-refractivity contribution < 1.29 is 19.4 Å². The minimum atomic E-state index is -1.10. The van der Waals surface area contributed by atoms with E-state index >= 15 is 0 Å². The molecular weight excluding hydrogens is 362 g/mol. The summed E-state index contributed by atoms with van der Waals surface area (Å²) in [6.07, 6.45) is 1.78. The monoisotopic (exact) mass is 385 g/mol. The van der Waals surface area contributed by atoms with E-state index in [-0.39, 0.29) is 12.2 Å². The molecule has 2 aliphatic rings. The molecule has 1 spiro atoms. The Bertz CT molecular complexity index is 977. The lowest BCUT2D eigenvalue weighted by Crippen LogP contribution is -2.46. The highest BCUT2D eigenvalue weighted by Crippen LogP contribution is 2.44. The Morgan fingerprint density at radius 2 is 2.11 bits per heavy atom. The molecule has 148 valence electrons. The van der Waals surface area contributed by atoms with Gasteiger partial charge in [-0.1, -0.05) is 0 Å².